The molecule has 0 bridgehead atoms. The zero-order chi connectivity index (χ0) is 32.7. The summed E-state index contributed by atoms with van der Waals surface area (Å²) < 4.78 is 36.5. The summed E-state index contributed by atoms with van der Waals surface area (Å²) in [4.78, 5) is 2.32. The summed E-state index contributed by atoms with van der Waals surface area (Å²) in [5, 5.41) is 12.4. The standard InChI is InChI=1S/C39H49N2O4S.ClH/c1-5-7-22-39(23-8-6-2)29-46(43,44)36-21-18-33(40(3)4)26-35(36)37(38(39)42)32-16-19-34(20-17-32)45-28-31-14-12-30(13-15-31)27-41-24-10-9-11-25-41;/h9-21,24-26,37-38,42H,5-8,22-23,27-29H2,1-4H3;1H/q+1;/p-1/t37-,38-;/m1./s1. The third-order valence-electron chi connectivity index (χ3n) is 9.47. The summed E-state index contributed by atoms with van der Waals surface area (Å²) in [6.45, 7) is 5.50. The van der Waals surface area contributed by atoms with Crippen molar-refractivity contribution in [1.29, 1.82) is 0 Å². The van der Waals surface area contributed by atoms with Crippen molar-refractivity contribution in [2.24, 2.45) is 5.41 Å². The van der Waals surface area contributed by atoms with Crippen molar-refractivity contribution >= 4 is 15.5 Å². The van der Waals surface area contributed by atoms with Crippen LogP contribution in [0.25, 0.3) is 0 Å². The van der Waals surface area contributed by atoms with Crippen molar-refractivity contribution in [2.75, 3.05) is 24.7 Å². The topological polar surface area (TPSA) is 70.7 Å². The predicted octanol–water partition coefficient (Wildman–Crippen LogP) is 4.32. The fourth-order valence-corrected chi connectivity index (χ4v) is 9.01. The summed E-state index contributed by atoms with van der Waals surface area (Å²) in [6.07, 6.45) is 8.28. The second-order valence-corrected chi connectivity index (χ2v) is 15.0. The van der Waals surface area contributed by atoms with E-state index in [1.165, 1.54) is 5.56 Å². The van der Waals surface area contributed by atoms with E-state index in [9.17, 15) is 13.5 Å². The number of aromatic nitrogens is 1. The molecule has 0 spiro atoms. The van der Waals surface area contributed by atoms with Crippen LogP contribution < -0.4 is 26.6 Å². The van der Waals surface area contributed by atoms with Gasteiger partial charge in [0.15, 0.2) is 28.8 Å². The molecule has 0 aliphatic carbocycles. The second kappa shape index (κ2) is 16.1. The number of halogens is 1. The van der Waals surface area contributed by atoms with Crippen molar-refractivity contribution in [1.82, 2.24) is 0 Å². The molecule has 1 aliphatic heterocycles. The number of hydrogen-bond acceptors (Lipinski definition) is 5. The maximum atomic E-state index is 14.1. The number of unbranched alkanes of at least 4 members (excludes halogenated alkanes) is 2. The van der Waals surface area contributed by atoms with Crippen LogP contribution in [0.15, 0.2) is 102 Å². The number of aliphatic hydroxyl groups is 1. The Morgan fingerprint density at radius 1 is 0.872 bits per heavy atom. The monoisotopic (exact) mass is 676 g/mol. The highest BCUT2D eigenvalue weighted by molar-refractivity contribution is 7.91. The molecule has 0 saturated carbocycles. The lowest BCUT2D eigenvalue weighted by Gasteiger charge is -2.40. The molecule has 0 radical (unpaired) electrons. The summed E-state index contributed by atoms with van der Waals surface area (Å²) in [5.74, 6) is 0.217. The van der Waals surface area contributed by atoms with Gasteiger partial charge in [0.2, 0.25) is 0 Å². The maximum absolute atomic E-state index is 14.1. The van der Waals surface area contributed by atoms with E-state index >= 15 is 0 Å². The first-order valence-corrected chi connectivity index (χ1v) is 18.3. The van der Waals surface area contributed by atoms with Crippen molar-refractivity contribution in [3.05, 3.63) is 120 Å². The highest BCUT2D eigenvalue weighted by Crippen LogP contribution is 2.50. The third kappa shape index (κ3) is 8.56. The normalized spacial score (nSPS) is 18.0. The van der Waals surface area contributed by atoms with E-state index in [2.05, 4.69) is 55.1 Å². The number of rotatable bonds is 13. The molecule has 0 saturated heterocycles. The highest BCUT2D eigenvalue weighted by atomic mass is 35.5. The molecule has 252 valence electrons. The average molecular weight is 677 g/mol. The van der Waals surface area contributed by atoms with Crippen LogP contribution in [0.5, 0.6) is 5.75 Å². The largest absolute Gasteiger partial charge is 1.00 e. The summed E-state index contributed by atoms with van der Waals surface area (Å²) >= 11 is 0. The maximum Gasteiger partial charge on any atom is 0.179 e. The minimum Gasteiger partial charge on any atom is -1.00 e. The first kappa shape index (κ1) is 36.4. The number of benzene rings is 3. The lowest BCUT2D eigenvalue weighted by Crippen LogP contribution is -3.00. The number of hydrogen-bond donors (Lipinski definition) is 1. The predicted molar refractivity (Wildman–Crippen MR) is 185 cm³/mol. The third-order valence-corrected chi connectivity index (χ3v) is 11.5. The molecule has 47 heavy (non-hydrogen) atoms. The molecule has 0 unspecified atom stereocenters. The zero-order valence-electron chi connectivity index (χ0n) is 28.1. The van der Waals surface area contributed by atoms with Gasteiger partial charge in [-0.1, -0.05) is 82.0 Å². The molecule has 6 nitrogen and oxygen atoms in total. The Kier molecular flexibility index (Phi) is 12.5. The molecular weight excluding hydrogens is 628 g/mol. The Morgan fingerprint density at radius 2 is 1.49 bits per heavy atom. The molecule has 8 heteroatoms. The van der Waals surface area contributed by atoms with Crippen LogP contribution in [-0.4, -0.2) is 39.5 Å². The minimum absolute atomic E-state index is 0. The minimum atomic E-state index is -3.64. The van der Waals surface area contributed by atoms with E-state index in [4.69, 9.17) is 4.74 Å². The van der Waals surface area contributed by atoms with Crippen LogP contribution in [0.3, 0.4) is 0 Å². The van der Waals surface area contributed by atoms with Crippen LogP contribution in [0.1, 0.15) is 80.5 Å². The number of pyridine rings is 1. The second-order valence-electron chi connectivity index (χ2n) is 13.1. The smallest absolute Gasteiger partial charge is 0.179 e. The summed E-state index contributed by atoms with van der Waals surface area (Å²) in [6, 6.07) is 28.0. The Bertz CT molecular complexity index is 1670. The first-order chi connectivity index (χ1) is 22.2. The van der Waals surface area contributed by atoms with Crippen LogP contribution in [0, 0.1) is 5.41 Å². The molecule has 5 rings (SSSR count). The van der Waals surface area contributed by atoms with Crippen molar-refractivity contribution in [2.45, 2.75) is 82.4 Å². The van der Waals surface area contributed by atoms with Gasteiger partial charge in [0.05, 0.1) is 16.8 Å². The molecule has 1 aliphatic rings. The fraction of sp³-hybridized carbons (Fsp3) is 0.410. The Hall–Kier alpha value is -3.39. The number of sulfone groups is 1. The van der Waals surface area contributed by atoms with Crippen LogP contribution in [0.4, 0.5) is 5.69 Å². The van der Waals surface area contributed by atoms with Gasteiger partial charge in [-0.05, 0) is 59.9 Å². The van der Waals surface area contributed by atoms with Gasteiger partial charge in [0, 0.05) is 48.8 Å². The van der Waals surface area contributed by atoms with Gasteiger partial charge >= 0.3 is 0 Å². The van der Waals surface area contributed by atoms with E-state index in [0.717, 1.165) is 54.8 Å². The number of aliphatic hydroxyl groups excluding tert-OH is 1. The molecule has 2 atom stereocenters. The molecule has 4 aromatic rings. The molecular formula is C39H49ClN2O4S. The highest BCUT2D eigenvalue weighted by Gasteiger charge is 2.49. The number of anilines is 1. The molecule has 3 aromatic carbocycles. The van der Waals surface area contributed by atoms with Gasteiger partial charge < -0.3 is 27.2 Å². The van der Waals surface area contributed by atoms with E-state index in [0.29, 0.717) is 29.9 Å². The average Bonchev–Trinajstić information content (AvgIpc) is 3.13. The molecule has 2 heterocycles. The Labute approximate surface area is 287 Å². The first-order valence-electron chi connectivity index (χ1n) is 16.6. The van der Waals surface area contributed by atoms with Crippen molar-refractivity contribution < 1.29 is 35.2 Å². The molecule has 0 fully saturated rings. The van der Waals surface area contributed by atoms with Crippen molar-refractivity contribution in [3.63, 3.8) is 0 Å². The molecule has 1 N–H and O–H groups in total. The number of ether oxygens (including phenoxy) is 1. The van der Waals surface area contributed by atoms with Crippen LogP contribution in [-0.2, 0) is 23.0 Å². The Balaban J connectivity index is 0.00000500. The van der Waals surface area contributed by atoms with Gasteiger partial charge in [-0.2, -0.15) is 0 Å². The summed E-state index contributed by atoms with van der Waals surface area (Å²) in [7, 11) is 0.267. The number of nitrogens with zero attached hydrogens (tertiary/aromatic N) is 2. The molecule has 1 aromatic heterocycles. The van der Waals surface area contributed by atoms with Crippen molar-refractivity contribution in [3.8, 4) is 5.75 Å². The lowest BCUT2D eigenvalue weighted by atomic mass is 9.68. The van der Waals surface area contributed by atoms with Gasteiger partial charge in [-0.3, -0.25) is 0 Å². The quantitative estimate of drug-likeness (QED) is 0.214. The van der Waals surface area contributed by atoms with Gasteiger partial charge in [0.1, 0.15) is 12.4 Å². The fourth-order valence-electron chi connectivity index (χ4n) is 6.82. The summed E-state index contributed by atoms with van der Waals surface area (Å²) in [5.41, 5.74) is 4.06. The van der Waals surface area contributed by atoms with Gasteiger partial charge in [0.25, 0.3) is 0 Å². The zero-order valence-corrected chi connectivity index (χ0v) is 29.7. The van der Waals surface area contributed by atoms with Crippen LogP contribution >= 0.6 is 0 Å². The van der Waals surface area contributed by atoms with Gasteiger partial charge in [-0.25, -0.2) is 13.0 Å². The van der Waals surface area contributed by atoms with Crippen LogP contribution in [0.2, 0.25) is 0 Å². The van der Waals surface area contributed by atoms with E-state index in [-0.39, 0.29) is 18.2 Å². The molecule has 0 amide bonds. The SMILES string of the molecule is CCCCC1(CCCC)CS(=O)(=O)c2ccc(N(C)C)cc2[C@@H](c2ccc(OCc3ccc(C[n+]4ccccc4)cc3)cc2)[C@H]1O.[Cl-]. The van der Waals surface area contributed by atoms with Gasteiger partial charge in [-0.15, -0.1) is 0 Å². The Morgan fingerprint density at radius 3 is 2.09 bits per heavy atom. The van der Waals surface area contributed by atoms with E-state index < -0.39 is 27.3 Å². The van der Waals surface area contributed by atoms with E-state index in [1.54, 1.807) is 6.07 Å². The lowest BCUT2D eigenvalue weighted by molar-refractivity contribution is -0.688. The number of fused-ring (bicyclic) bond motifs is 1. The van der Waals surface area contributed by atoms with E-state index in [1.807, 2.05) is 73.6 Å².